The maximum absolute atomic E-state index is 14.0. The van der Waals surface area contributed by atoms with Crippen molar-refractivity contribution in [2.75, 3.05) is 0 Å². The number of unbranched alkanes of at least 4 members (excludes halogenated alkanes) is 6. The van der Waals surface area contributed by atoms with Crippen LogP contribution in [0.2, 0.25) is 0 Å². The predicted octanol–water partition coefficient (Wildman–Crippen LogP) is 9.19. The van der Waals surface area contributed by atoms with E-state index in [1.807, 2.05) is 0 Å². The summed E-state index contributed by atoms with van der Waals surface area (Å²) in [6.45, 7) is 15.2. The van der Waals surface area contributed by atoms with Crippen LogP contribution < -0.4 is 0 Å². The zero-order valence-electron chi connectivity index (χ0n) is 22.5. The lowest BCUT2D eigenvalue weighted by atomic mass is 9.77. The Labute approximate surface area is 211 Å². The summed E-state index contributed by atoms with van der Waals surface area (Å²) in [5.74, 6) is 0.344. The fourth-order valence-electron chi connectivity index (χ4n) is 5.11. The lowest BCUT2D eigenvalue weighted by Gasteiger charge is -2.23. The van der Waals surface area contributed by atoms with Crippen LogP contribution in [0.1, 0.15) is 158 Å². The van der Waals surface area contributed by atoms with Crippen LogP contribution in [0.5, 0.6) is 0 Å². The number of benzene rings is 1. The maximum atomic E-state index is 14.0. The molecule has 1 heterocycles. The lowest BCUT2D eigenvalue weighted by Crippen LogP contribution is -2.25. The number of rotatable bonds is 11. The average Bonchev–Trinajstić information content (AvgIpc) is 3.20. The van der Waals surface area contributed by atoms with Gasteiger partial charge in [0, 0.05) is 32.0 Å². The molecule has 2 nitrogen and oxygen atoms in total. The third kappa shape index (κ3) is 5.56. The topological polar surface area (TPSA) is 34.1 Å². The molecule has 0 bridgehead atoms. The van der Waals surface area contributed by atoms with Crippen molar-refractivity contribution in [1.29, 1.82) is 0 Å². The molecule has 0 aliphatic heterocycles. The fourth-order valence-corrected chi connectivity index (χ4v) is 6.47. The largest absolute Gasteiger partial charge is 0.289 e. The number of fused-ring (bicyclic) bond motifs is 2. The van der Waals surface area contributed by atoms with Crippen LogP contribution in [0.3, 0.4) is 0 Å². The highest BCUT2D eigenvalue weighted by Gasteiger charge is 2.39. The van der Waals surface area contributed by atoms with E-state index in [0.717, 1.165) is 35.4 Å². The number of ketones is 2. The number of thiophene rings is 1. The molecule has 0 spiro atoms. The summed E-state index contributed by atoms with van der Waals surface area (Å²) in [6, 6.07) is 4.19. The van der Waals surface area contributed by atoms with Crippen molar-refractivity contribution >= 4 is 22.9 Å². The Bertz CT molecular complexity index is 1030. The summed E-state index contributed by atoms with van der Waals surface area (Å²) in [5.41, 5.74) is 5.05. The minimum Gasteiger partial charge on any atom is -0.289 e. The zero-order chi connectivity index (χ0) is 25.0. The molecule has 34 heavy (non-hydrogen) atoms. The minimum atomic E-state index is -0.169. The fraction of sp³-hybridized carbons (Fsp3) is 0.613. The summed E-state index contributed by atoms with van der Waals surface area (Å²) in [6.07, 6.45) is 11.7. The Hall–Kier alpha value is -1.74. The van der Waals surface area contributed by atoms with Gasteiger partial charge in [0.05, 0.1) is 0 Å². The van der Waals surface area contributed by atoms with Gasteiger partial charge in [-0.25, -0.2) is 0 Å². The molecule has 3 rings (SSSR count). The van der Waals surface area contributed by atoms with Gasteiger partial charge in [-0.05, 0) is 60.3 Å². The number of carbonyl (C=O) groups excluding carboxylic acids is 2. The molecule has 0 saturated heterocycles. The molecule has 0 radical (unpaired) electrons. The Morgan fingerprint density at radius 2 is 1.21 bits per heavy atom. The van der Waals surface area contributed by atoms with Gasteiger partial charge in [-0.15, -0.1) is 11.3 Å². The molecule has 1 aromatic carbocycles. The highest BCUT2D eigenvalue weighted by molar-refractivity contribution is 7.13. The maximum Gasteiger partial charge on any atom is 0.195 e. The molecule has 1 aliphatic rings. The molecular weight excluding hydrogens is 436 g/mol. The quantitative estimate of drug-likeness (QED) is 0.256. The van der Waals surface area contributed by atoms with Gasteiger partial charge < -0.3 is 0 Å². The van der Waals surface area contributed by atoms with Crippen molar-refractivity contribution in [1.82, 2.24) is 0 Å². The van der Waals surface area contributed by atoms with Crippen molar-refractivity contribution in [2.24, 2.45) is 0 Å². The molecule has 1 aromatic heterocycles. The van der Waals surface area contributed by atoms with Crippen LogP contribution in [0.4, 0.5) is 0 Å². The Kier molecular flexibility index (Phi) is 8.95. The van der Waals surface area contributed by atoms with Crippen LogP contribution in [0.15, 0.2) is 12.1 Å². The second-order valence-electron chi connectivity index (χ2n) is 11.4. The van der Waals surface area contributed by atoms with E-state index in [1.165, 1.54) is 49.7 Å². The highest BCUT2D eigenvalue weighted by atomic mass is 32.1. The van der Waals surface area contributed by atoms with Crippen LogP contribution >= 0.6 is 11.3 Å². The summed E-state index contributed by atoms with van der Waals surface area (Å²) in [5, 5.41) is 0. The molecular formula is C31H44O2S. The number of hydrogen-bond donors (Lipinski definition) is 0. The third-order valence-corrected chi connectivity index (χ3v) is 8.94. The van der Waals surface area contributed by atoms with Gasteiger partial charge in [0.2, 0.25) is 0 Å². The molecule has 0 saturated carbocycles. The van der Waals surface area contributed by atoms with E-state index in [2.05, 4.69) is 60.6 Å². The van der Waals surface area contributed by atoms with E-state index in [4.69, 9.17) is 0 Å². The molecule has 186 valence electrons. The monoisotopic (exact) mass is 480 g/mol. The molecule has 0 unspecified atom stereocenters. The smallest absolute Gasteiger partial charge is 0.195 e. The van der Waals surface area contributed by atoms with E-state index in [-0.39, 0.29) is 22.9 Å². The van der Waals surface area contributed by atoms with Gasteiger partial charge in [-0.3, -0.25) is 9.59 Å². The standard InChI is InChI=1S/C31H44O2S/c1-8-10-12-14-16-21-18-23-24(19-22(21)17-15-13-11-9-2)28(33)26-25(27(23)32)29(20(3)4)34-30(26)31(5,6)7/h18-20H,8-17H2,1-7H3. The molecule has 2 aromatic rings. The molecule has 1 aliphatic carbocycles. The van der Waals surface area contributed by atoms with E-state index in [0.29, 0.717) is 22.3 Å². The van der Waals surface area contributed by atoms with E-state index in [9.17, 15) is 9.59 Å². The first kappa shape index (κ1) is 26.9. The minimum absolute atomic E-state index is 0.0602. The first-order valence-corrected chi connectivity index (χ1v) is 14.4. The predicted molar refractivity (Wildman–Crippen MR) is 146 cm³/mol. The van der Waals surface area contributed by atoms with Gasteiger partial charge in [-0.2, -0.15) is 0 Å². The normalized spacial score (nSPS) is 13.5. The molecule has 0 N–H and O–H groups in total. The average molecular weight is 481 g/mol. The van der Waals surface area contributed by atoms with Crippen molar-refractivity contribution in [2.45, 2.75) is 124 Å². The van der Waals surface area contributed by atoms with E-state index in [1.54, 1.807) is 11.3 Å². The van der Waals surface area contributed by atoms with Crippen LogP contribution in [-0.2, 0) is 18.3 Å². The Morgan fingerprint density at radius 3 is 1.62 bits per heavy atom. The summed E-state index contributed by atoms with van der Waals surface area (Å²) < 4.78 is 0. The van der Waals surface area contributed by atoms with Crippen molar-refractivity contribution in [3.63, 3.8) is 0 Å². The first-order chi connectivity index (χ1) is 16.1. The van der Waals surface area contributed by atoms with Crippen molar-refractivity contribution in [3.8, 4) is 0 Å². The van der Waals surface area contributed by atoms with E-state index < -0.39 is 0 Å². The highest BCUT2D eigenvalue weighted by Crippen LogP contribution is 2.45. The second-order valence-corrected chi connectivity index (χ2v) is 12.4. The van der Waals surface area contributed by atoms with Crippen molar-refractivity contribution in [3.05, 3.63) is 55.3 Å². The second kappa shape index (κ2) is 11.3. The third-order valence-electron chi connectivity index (χ3n) is 7.02. The number of aryl methyl sites for hydroxylation is 2. The zero-order valence-corrected chi connectivity index (χ0v) is 23.3. The van der Waals surface area contributed by atoms with Gasteiger partial charge in [0.25, 0.3) is 0 Å². The van der Waals surface area contributed by atoms with Crippen molar-refractivity contribution < 1.29 is 9.59 Å². The lowest BCUT2D eigenvalue weighted by molar-refractivity contribution is 0.0977. The van der Waals surface area contributed by atoms with Crippen LogP contribution in [-0.4, -0.2) is 11.6 Å². The molecule has 0 amide bonds. The Morgan fingerprint density at radius 1 is 0.735 bits per heavy atom. The van der Waals surface area contributed by atoms with Crippen LogP contribution in [0.25, 0.3) is 0 Å². The number of carbonyl (C=O) groups is 2. The number of hydrogen-bond acceptors (Lipinski definition) is 3. The van der Waals surface area contributed by atoms with Gasteiger partial charge in [0.1, 0.15) is 0 Å². The molecule has 0 atom stereocenters. The Balaban J connectivity index is 2.09. The van der Waals surface area contributed by atoms with E-state index >= 15 is 0 Å². The van der Waals surface area contributed by atoms with Crippen LogP contribution in [0, 0.1) is 0 Å². The summed E-state index contributed by atoms with van der Waals surface area (Å²) in [7, 11) is 0. The van der Waals surface area contributed by atoms with Gasteiger partial charge >= 0.3 is 0 Å². The molecule has 0 fully saturated rings. The molecule has 3 heteroatoms. The SMILES string of the molecule is CCCCCCc1cc2c(cc1CCCCCC)C(=O)c1c(C(C)(C)C)sc(C(C)C)c1C2=O. The first-order valence-electron chi connectivity index (χ1n) is 13.5. The van der Waals surface area contributed by atoms with Gasteiger partial charge in [-0.1, -0.05) is 87.0 Å². The summed E-state index contributed by atoms with van der Waals surface area (Å²) >= 11 is 1.67. The van der Waals surface area contributed by atoms with Gasteiger partial charge in [0.15, 0.2) is 11.6 Å². The summed E-state index contributed by atoms with van der Waals surface area (Å²) in [4.78, 5) is 30.0.